The molecular weight excluding hydrogens is 344 g/mol. The quantitative estimate of drug-likeness (QED) is 0.826. The Hall–Kier alpha value is -2.57. The average Bonchev–Trinajstić information content (AvgIpc) is 3.47. The lowest BCUT2D eigenvalue weighted by Crippen LogP contribution is -2.51. The second-order valence-electron chi connectivity index (χ2n) is 7.66. The van der Waals surface area contributed by atoms with Gasteiger partial charge in [-0.2, -0.15) is 4.98 Å². The molecule has 1 saturated carbocycles. The molecule has 0 unspecified atom stereocenters. The zero-order valence-electron chi connectivity index (χ0n) is 15.3. The van der Waals surface area contributed by atoms with Gasteiger partial charge in [0.15, 0.2) is 11.9 Å². The number of hydrogen-bond acceptors (Lipinski definition) is 6. The van der Waals surface area contributed by atoms with E-state index in [4.69, 9.17) is 9.26 Å². The highest BCUT2D eigenvalue weighted by molar-refractivity contribution is 5.83. The Bertz CT molecular complexity index is 826. The average molecular weight is 368 g/mol. The monoisotopic (exact) mass is 368 g/mol. The molecule has 1 aromatic heterocycles. The first-order valence-electron chi connectivity index (χ1n) is 9.90. The number of piperidine rings is 1. The Morgan fingerprint density at radius 2 is 1.96 bits per heavy atom. The van der Waals surface area contributed by atoms with Crippen LogP contribution in [-0.2, 0) is 11.3 Å². The summed E-state index contributed by atoms with van der Waals surface area (Å²) in [5.41, 5.74) is 0.970. The van der Waals surface area contributed by atoms with Crippen LogP contribution < -0.4 is 9.64 Å². The van der Waals surface area contributed by atoms with Crippen LogP contribution in [0.1, 0.15) is 49.7 Å². The predicted molar refractivity (Wildman–Crippen MR) is 98.6 cm³/mol. The highest BCUT2D eigenvalue weighted by Gasteiger charge is 2.35. The Labute approximate surface area is 158 Å². The van der Waals surface area contributed by atoms with Gasteiger partial charge in [-0.05, 0) is 44.2 Å². The van der Waals surface area contributed by atoms with Crippen LogP contribution >= 0.6 is 0 Å². The van der Waals surface area contributed by atoms with Gasteiger partial charge >= 0.3 is 0 Å². The molecule has 7 nitrogen and oxygen atoms in total. The number of anilines is 1. The fourth-order valence-electron chi connectivity index (χ4n) is 3.90. The number of amides is 1. The summed E-state index contributed by atoms with van der Waals surface area (Å²) in [6.07, 6.45) is 5.12. The van der Waals surface area contributed by atoms with Crippen molar-refractivity contribution in [2.75, 3.05) is 24.5 Å². The molecule has 2 aliphatic heterocycles. The fraction of sp³-hybridized carbons (Fsp3) is 0.550. The third-order valence-corrected chi connectivity index (χ3v) is 5.55. The molecule has 2 aromatic rings. The largest absolute Gasteiger partial charge is 0.477 e. The number of likely N-dealkylation sites (tertiary alicyclic amines) is 1. The Morgan fingerprint density at radius 3 is 2.78 bits per heavy atom. The van der Waals surface area contributed by atoms with Gasteiger partial charge in [0.25, 0.3) is 5.91 Å². The number of hydrogen-bond donors (Lipinski definition) is 0. The van der Waals surface area contributed by atoms with Crippen LogP contribution in [0.2, 0.25) is 0 Å². The molecule has 2 fully saturated rings. The zero-order chi connectivity index (χ0) is 18.2. The van der Waals surface area contributed by atoms with Crippen LogP contribution in [-0.4, -0.2) is 46.7 Å². The van der Waals surface area contributed by atoms with Crippen LogP contribution in [0, 0.1) is 0 Å². The fourth-order valence-corrected chi connectivity index (χ4v) is 3.90. The van der Waals surface area contributed by atoms with E-state index in [9.17, 15) is 4.79 Å². The molecule has 27 heavy (non-hydrogen) atoms. The summed E-state index contributed by atoms with van der Waals surface area (Å²) in [5, 5.41) is 4.14. The van der Waals surface area contributed by atoms with Crippen molar-refractivity contribution in [3.8, 4) is 5.75 Å². The van der Waals surface area contributed by atoms with Gasteiger partial charge in [0.1, 0.15) is 5.75 Å². The van der Waals surface area contributed by atoms with Crippen molar-refractivity contribution in [1.82, 2.24) is 15.0 Å². The number of para-hydroxylation sites is 2. The highest BCUT2D eigenvalue weighted by atomic mass is 16.5. The molecule has 3 heterocycles. The van der Waals surface area contributed by atoms with Crippen LogP contribution in [0.5, 0.6) is 5.75 Å². The Balaban J connectivity index is 1.36. The molecule has 0 spiro atoms. The van der Waals surface area contributed by atoms with Gasteiger partial charge < -0.3 is 19.1 Å². The standard InChI is InChI=1S/C20H24N4O3/c25-20(23-10-4-1-5-11-23)17-12-24(15-6-2-3-7-16(15)26-17)13-18-21-19(27-22-18)14-8-9-14/h2-3,6-7,14,17H,1,4-5,8-13H2/t17-/m1/s1. The van der Waals surface area contributed by atoms with Crippen LogP contribution in [0.15, 0.2) is 28.8 Å². The van der Waals surface area contributed by atoms with E-state index in [0.29, 0.717) is 24.8 Å². The summed E-state index contributed by atoms with van der Waals surface area (Å²) in [5.74, 6) is 2.67. The summed E-state index contributed by atoms with van der Waals surface area (Å²) in [7, 11) is 0. The van der Waals surface area contributed by atoms with E-state index >= 15 is 0 Å². The molecule has 0 radical (unpaired) electrons. The second kappa shape index (κ2) is 6.87. The number of carbonyl (C=O) groups excluding carboxylic acids is 1. The third-order valence-electron chi connectivity index (χ3n) is 5.55. The van der Waals surface area contributed by atoms with Crippen molar-refractivity contribution in [2.45, 2.75) is 50.7 Å². The van der Waals surface area contributed by atoms with Gasteiger partial charge in [0, 0.05) is 19.0 Å². The highest BCUT2D eigenvalue weighted by Crippen LogP contribution is 2.39. The molecule has 1 amide bonds. The number of rotatable bonds is 4. The normalized spacial score (nSPS) is 22.3. The predicted octanol–water partition coefficient (Wildman–Crippen LogP) is 2.73. The van der Waals surface area contributed by atoms with Gasteiger partial charge in [-0.3, -0.25) is 4.79 Å². The molecule has 142 valence electrons. The maximum absolute atomic E-state index is 13.0. The van der Waals surface area contributed by atoms with E-state index in [1.54, 1.807) is 0 Å². The molecule has 5 rings (SSSR count). The Kier molecular flexibility index (Phi) is 4.22. The number of ether oxygens (including phenoxy) is 1. The molecule has 3 aliphatic rings. The van der Waals surface area contributed by atoms with E-state index in [1.807, 2.05) is 29.2 Å². The maximum atomic E-state index is 13.0. The number of carbonyl (C=O) groups is 1. The molecule has 1 aromatic carbocycles. The number of aromatic nitrogens is 2. The van der Waals surface area contributed by atoms with Gasteiger partial charge in [-0.25, -0.2) is 0 Å². The minimum atomic E-state index is -0.493. The van der Waals surface area contributed by atoms with Crippen molar-refractivity contribution in [3.63, 3.8) is 0 Å². The lowest BCUT2D eigenvalue weighted by Gasteiger charge is -2.37. The topological polar surface area (TPSA) is 71.7 Å². The lowest BCUT2D eigenvalue weighted by atomic mass is 10.1. The van der Waals surface area contributed by atoms with Crippen LogP contribution in [0.25, 0.3) is 0 Å². The minimum absolute atomic E-state index is 0.0842. The third kappa shape index (κ3) is 3.38. The van der Waals surface area contributed by atoms with Crippen molar-refractivity contribution >= 4 is 11.6 Å². The Morgan fingerprint density at radius 1 is 1.15 bits per heavy atom. The number of benzene rings is 1. The van der Waals surface area contributed by atoms with Gasteiger partial charge in [-0.1, -0.05) is 17.3 Å². The SMILES string of the molecule is O=C([C@H]1CN(Cc2noc(C3CC3)n2)c2ccccc2O1)N1CCCCC1. The van der Waals surface area contributed by atoms with Gasteiger partial charge in [0.05, 0.1) is 18.8 Å². The summed E-state index contributed by atoms with van der Waals surface area (Å²) in [4.78, 5) is 21.6. The van der Waals surface area contributed by atoms with E-state index < -0.39 is 6.10 Å². The van der Waals surface area contributed by atoms with E-state index in [1.165, 1.54) is 6.42 Å². The number of nitrogens with zero attached hydrogens (tertiary/aromatic N) is 4. The second-order valence-corrected chi connectivity index (χ2v) is 7.66. The summed E-state index contributed by atoms with van der Waals surface area (Å²) >= 11 is 0. The van der Waals surface area contributed by atoms with Crippen molar-refractivity contribution < 1.29 is 14.1 Å². The van der Waals surface area contributed by atoms with E-state index in [0.717, 1.165) is 56.1 Å². The maximum Gasteiger partial charge on any atom is 0.265 e. The molecule has 0 N–H and O–H groups in total. The summed E-state index contributed by atoms with van der Waals surface area (Å²) in [6, 6.07) is 7.85. The van der Waals surface area contributed by atoms with Crippen LogP contribution in [0.3, 0.4) is 0 Å². The molecule has 1 atom stereocenters. The molecule has 7 heteroatoms. The van der Waals surface area contributed by atoms with Gasteiger partial charge in [0.2, 0.25) is 5.89 Å². The van der Waals surface area contributed by atoms with Crippen molar-refractivity contribution in [3.05, 3.63) is 36.0 Å². The first kappa shape index (κ1) is 16.6. The smallest absolute Gasteiger partial charge is 0.265 e. The summed E-state index contributed by atoms with van der Waals surface area (Å²) < 4.78 is 11.5. The first-order chi connectivity index (χ1) is 13.3. The first-order valence-corrected chi connectivity index (χ1v) is 9.90. The van der Waals surface area contributed by atoms with Crippen LogP contribution in [0.4, 0.5) is 5.69 Å². The van der Waals surface area contributed by atoms with Crippen molar-refractivity contribution in [1.29, 1.82) is 0 Å². The van der Waals surface area contributed by atoms with E-state index in [-0.39, 0.29) is 5.91 Å². The minimum Gasteiger partial charge on any atom is -0.477 e. The summed E-state index contributed by atoms with van der Waals surface area (Å²) in [6.45, 7) is 2.67. The van der Waals surface area contributed by atoms with Gasteiger partial charge in [-0.15, -0.1) is 0 Å². The molecule has 1 aliphatic carbocycles. The molecular formula is C20H24N4O3. The lowest BCUT2D eigenvalue weighted by molar-refractivity contribution is -0.139. The van der Waals surface area contributed by atoms with Crippen molar-refractivity contribution in [2.24, 2.45) is 0 Å². The van der Waals surface area contributed by atoms with E-state index in [2.05, 4.69) is 15.0 Å². The zero-order valence-corrected chi connectivity index (χ0v) is 15.3. The molecule has 1 saturated heterocycles. The molecule has 0 bridgehead atoms. The number of fused-ring (bicyclic) bond motifs is 1.